The second-order valence-corrected chi connectivity index (χ2v) is 7.39. The van der Waals surface area contributed by atoms with Gasteiger partial charge >= 0.3 is 0 Å². The molecule has 1 N–H and O–H groups in total. The van der Waals surface area contributed by atoms with Crippen LogP contribution >= 0.6 is 15.9 Å². The lowest BCUT2D eigenvalue weighted by molar-refractivity contribution is 0.101. The number of carbonyl (C=O) groups is 1. The standard InChI is InChI=1S/C22H16BrFN4O/c1-14-2-10-18(11-3-14)25-22(29)20-26-21(15-4-6-16(23)7-5-15)28(27-20)19-12-8-17(24)9-13-19/h2-13H,1H3,(H,25,29). The Kier molecular flexibility index (Phi) is 5.22. The Morgan fingerprint density at radius 1 is 0.966 bits per heavy atom. The molecule has 4 aromatic rings. The molecule has 0 bridgehead atoms. The Bertz CT molecular complexity index is 1090. The second kappa shape index (κ2) is 7.97. The van der Waals surface area contributed by atoms with Crippen molar-refractivity contribution < 1.29 is 9.18 Å². The lowest BCUT2D eigenvalue weighted by Crippen LogP contribution is -2.14. The van der Waals surface area contributed by atoms with Crippen molar-refractivity contribution in [3.63, 3.8) is 0 Å². The van der Waals surface area contributed by atoms with Crippen LogP contribution in [-0.2, 0) is 0 Å². The highest BCUT2D eigenvalue weighted by Crippen LogP contribution is 2.24. The smallest absolute Gasteiger partial charge is 0.295 e. The van der Waals surface area contributed by atoms with Gasteiger partial charge in [-0.05, 0) is 55.5 Å². The summed E-state index contributed by atoms with van der Waals surface area (Å²) in [5, 5.41) is 7.18. The molecule has 0 saturated heterocycles. The maximum absolute atomic E-state index is 13.4. The fraction of sp³-hybridized carbons (Fsp3) is 0.0455. The minimum atomic E-state index is -0.423. The van der Waals surface area contributed by atoms with Crippen molar-refractivity contribution >= 4 is 27.5 Å². The highest BCUT2D eigenvalue weighted by molar-refractivity contribution is 9.10. The van der Waals surface area contributed by atoms with E-state index in [9.17, 15) is 9.18 Å². The highest BCUT2D eigenvalue weighted by Gasteiger charge is 2.19. The van der Waals surface area contributed by atoms with E-state index >= 15 is 0 Å². The molecule has 0 aliphatic carbocycles. The molecule has 4 rings (SSSR count). The molecular formula is C22H16BrFN4O. The molecule has 0 saturated carbocycles. The first-order valence-corrected chi connectivity index (χ1v) is 9.66. The van der Waals surface area contributed by atoms with Crippen molar-refractivity contribution in [1.82, 2.24) is 14.8 Å². The zero-order valence-corrected chi connectivity index (χ0v) is 17.0. The van der Waals surface area contributed by atoms with Crippen molar-refractivity contribution in [3.8, 4) is 17.1 Å². The van der Waals surface area contributed by atoms with E-state index in [2.05, 4.69) is 31.3 Å². The molecule has 1 aromatic heterocycles. The number of benzene rings is 3. The van der Waals surface area contributed by atoms with Crippen LogP contribution in [0.2, 0.25) is 0 Å². The number of aryl methyl sites for hydroxylation is 1. The van der Waals surface area contributed by atoms with Gasteiger partial charge in [-0.1, -0.05) is 45.8 Å². The van der Waals surface area contributed by atoms with Crippen LogP contribution in [0.5, 0.6) is 0 Å². The molecule has 0 spiro atoms. The lowest BCUT2D eigenvalue weighted by Gasteiger charge is -2.06. The summed E-state index contributed by atoms with van der Waals surface area (Å²) in [6.07, 6.45) is 0. The number of nitrogens with zero attached hydrogens (tertiary/aromatic N) is 3. The first kappa shape index (κ1) is 19.0. The monoisotopic (exact) mass is 450 g/mol. The van der Waals surface area contributed by atoms with Crippen LogP contribution in [-0.4, -0.2) is 20.7 Å². The fourth-order valence-corrected chi connectivity index (χ4v) is 3.04. The summed E-state index contributed by atoms with van der Waals surface area (Å²) in [7, 11) is 0. The van der Waals surface area contributed by atoms with Gasteiger partial charge in [-0.15, -0.1) is 5.10 Å². The van der Waals surface area contributed by atoms with E-state index in [0.29, 0.717) is 17.2 Å². The molecule has 3 aromatic carbocycles. The van der Waals surface area contributed by atoms with Gasteiger partial charge in [0.05, 0.1) is 5.69 Å². The summed E-state index contributed by atoms with van der Waals surface area (Å²) >= 11 is 3.41. The number of carbonyl (C=O) groups excluding carboxylic acids is 1. The number of anilines is 1. The molecule has 0 atom stereocenters. The number of rotatable bonds is 4. The normalized spacial score (nSPS) is 10.7. The van der Waals surface area contributed by atoms with Crippen molar-refractivity contribution in [2.24, 2.45) is 0 Å². The summed E-state index contributed by atoms with van der Waals surface area (Å²) in [6, 6.07) is 20.8. The maximum Gasteiger partial charge on any atom is 0.295 e. The molecule has 5 nitrogen and oxygen atoms in total. The number of amides is 1. The molecule has 1 heterocycles. The van der Waals surface area contributed by atoms with Gasteiger partial charge in [0.1, 0.15) is 5.82 Å². The molecule has 0 fully saturated rings. The van der Waals surface area contributed by atoms with Crippen molar-refractivity contribution in [2.75, 3.05) is 5.32 Å². The van der Waals surface area contributed by atoms with Gasteiger partial charge in [-0.2, -0.15) is 0 Å². The fourth-order valence-electron chi connectivity index (χ4n) is 2.78. The third-order valence-corrected chi connectivity index (χ3v) is 4.82. The van der Waals surface area contributed by atoms with Gasteiger partial charge in [0.2, 0.25) is 5.82 Å². The maximum atomic E-state index is 13.4. The summed E-state index contributed by atoms with van der Waals surface area (Å²) < 4.78 is 15.8. The van der Waals surface area contributed by atoms with E-state index in [1.54, 1.807) is 12.1 Å². The Balaban J connectivity index is 1.74. The number of nitrogens with one attached hydrogen (secondary N) is 1. The number of hydrogen-bond donors (Lipinski definition) is 1. The van der Waals surface area contributed by atoms with Gasteiger partial charge < -0.3 is 5.32 Å². The highest BCUT2D eigenvalue weighted by atomic mass is 79.9. The van der Waals surface area contributed by atoms with Crippen LogP contribution in [0.3, 0.4) is 0 Å². The average molecular weight is 451 g/mol. The molecule has 0 aliphatic rings. The first-order valence-electron chi connectivity index (χ1n) is 8.86. The topological polar surface area (TPSA) is 59.8 Å². The van der Waals surface area contributed by atoms with Gasteiger partial charge in [0.25, 0.3) is 5.91 Å². The largest absolute Gasteiger partial charge is 0.319 e. The van der Waals surface area contributed by atoms with Crippen LogP contribution in [0.1, 0.15) is 16.2 Å². The van der Waals surface area contributed by atoms with Crippen LogP contribution in [0.4, 0.5) is 10.1 Å². The van der Waals surface area contributed by atoms with E-state index in [1.807, 2.05) is 55.5 Å². The Labute approximate surface area is 175 Å². The van der Waals surface area contributed by atoms with Crippen LogP contribution in [0.15, 0.2) is 77.3 Å². The second-order valence-electron chi connectivity index (χ2n) is 6.47. The summed E-state index contributed by atoms with van der Waals surface area (Å²) in [5.41, 5.74) is 3.13. The molecule has 0 unspecified atom stereocenters. The van der Waals surface area contributed by atoms with Gasteiger partial charge in [0.15, 0.2) is 5.82 Å². The zero-order chi connectivity index (χ0) is 20.4. The van der Waals surface area contributed by atoms with Crippen molar-refractivity contribution in [2.45, 2.75) is 6.92 Å². The minimum Gasteiger partial charge on any atom is -0.319 e. The van der Waals surface area contributed by atoms with E-state index in [4.69, 9.17) is 0 Å². The summed E-state index contributed by atoms with van der Waals surface area (Å²) in [5.74, 6) is -0.268. The van der Waals surface area contributed by atoms with Crippen LogP contribution < -0.4 is 5.32 Å². The molecule has 0 aliphatic heterocycles. The molecular weight excluding hydrogens is 435 g/mol. The van der Waals surface area contributed by atoms with Crippen LogP contribution in [0.25, 0.3) is 17.1 Å². The number of halogens is 2. The SMILES string of the molecule is Cc1ccc(NC(=O)c2nc(-c3ccc(Br)cc3)n(-c3ccc(F)cc3)n2)cc1. The third-order valence-electron chi connectivity index (χ3n) is 4.29. The first-order chi connectivity index (χ1) is 14.0. The summed E-state index contributed by atoms with van der Waals surface area (Å²) in [6.45, 7) is 1.97. The van der Waals surface area contributed by atoms with Crippen molar-refractivity contribution in [1.29, 1.82) is 0 Å². The van der Waals surface area contributed by atoms with E-state index in [1.165, 1.54) is 16.8 Å². The van der Waals surface area contributed by atoms with Gasteiger partial charge in [-0.25, -0.2) is 14.1 Å². The van der Waals surface area contributed by atoms with E-state index < -0.39 is 5.91 Å². The lowest BCUT2D eigenvalue weighted by atomic mass is 10.2. The molecule has 7 heteroatoms. The molecule has 0 radical (unpaired) electrons. The van der Waals surface area contributed by atoms with Crippen molar-refractivity contribution in [3.05, 3.63) is 94.5 Å². The van der Waals surface area contributed by atoms with E-state index in [-0.39, 0.29) is 11.6 Å². The Morgan fingerprint density at radius 2 is 1.62 bits per heavy atom. The Morgan fingerprint density at radius 3 is 2.28 bits per heavy atom. The third kappa shape index (κ3) is 4.25. The Hall–Kier alpha value is -3.32. The zero-order valence-electron chi connectivity index (χ0n) is 15.4. The molecule has 144 valence electrons. The van der Waals surface area contributed by atoms with Gasteiger partial charge in [-0.3, -0.25) is 4.79 Å². The average Bonchev–Trinajstić information content (AvgIpc) is 3.16. The quantitative estimate of drug-likeness (QED) is 0.452. The molecule has 1 amide bonds. The number of hydrogen-bond acceptors (Lipinski definition) is 3. The summed E-state index contributed by atoms with van der Waals surface area (Å²) in [4.78, 5) is 17.2. The molecule has 29 heavy (non-hydrogen) atoms. The number of aromatic nitrogens is 3. The van der Waals surface area contributed by atoms with Gasteiger partial charge in [0, 0.05) is 15.7 Å². The van der Waals surface area contributed by atoms with Crippen LogP contribution in [0, 0.1) is 12.7 Å². The minimum absolute atomic E-state index is 0.0211. The van der Waals surface area contributed by atoms with E-state index in [0.717, 1.165) is 15.6 Å². The predicted molar refractivity (Wildman–Crippen MR) is 114 cm³/mol. The predicted octanol–water partition coefficient (Wildman–Crippen LogP) is 5.40.